The summed E-state index contributed by atoms with van der Waals surface area (Å²) in [5.41, 5.74) is 5.95. The van der Waals surface area contributed by atoms with Gasteiger partial charge in [0.05, 0.1) is 0 Å². The van der Waals surface area contributed by atoms with Gasteiger partial charge in [0.1, 0.15) is 11.1 Å². The minimum atomic E-state index is -0.770. The summed E-state index contributed by atoms with van der Waals surface area (Å²) in [4.78, 5) is 31.7. The summed E-state index contributed by atoms with van der Waals surface area (Å²) in [7, 11) is 0. The molecule has 8 heteroatoms. The molecule has 1 aromatic heterocycles. The SMILES string of the molecule is CC(C)=CCN1C[C@@H]2CN(c3nc(C(N)=O)cs3)C[C@]2(C(=O)O)C1. The number of aliphatic carboxylic acids is 1. The lowest BCUT2D eigenvalue weighted by atomic mass is 9.81. The molecule has 130 valence electrons. The number of carboxylic acids is 1. The predicted octanol–water partition coefficient (Wildman–Crippen LogP) is 1.03. The number of rotatable bonds is 5. The van der Waals surface area contributed by atoms with E-state index in [1.165, 1.54) is 16.9 Å². The number of hydrogen-bond donors (Lipinski definition) is 2. The molecule has 1 aromatic rings. The fourth-order valence-corrected chi connectivity index (χ4v) is 4.42. The minimum absolute atomic E-state index is 0.0569. The van der Waals surface area contributed by atoms with Crippen molar-refractivity contribution in [1.29, 1.82) is 0 Å². The fourth-order valence-electron chi connectivity index (χ4n) is 3.59. The third-order valence-corrected chi connectivity index (χ3v) is 5.78. The Morgan fingerprint density at radius 2 is 2.21 bits per heavy atom. The number of aromatic nitrogens is 1. The van der Waals surface area contributed by atoms with E-state index in [9.17, 15) is 14.7 Å². The number of amides is 1. The summed E-state index contributed by atoms with van der Waals surface area (Å²) >= 11 is 1.34. The number of thiazole rings is 1. The number of hydrogen-bond acceptors (Lipinski definition) is 6. The Labute approximate surface area is 144 Å². The van der Waals surface area contributed by atoms with Crippen LogP contribution in [0.15, 0.2) is 17.0 Å². The summed E-state index contributed by atoms with van der Waals surface area (Å²) in [5, 5.41) is 12.2. The van der Waals surface area contributed by atoms with Crippen molar-refractivity contribution in [2.75, 3.05) is 37.6 Å². The quantitative estimate of drug-likeness (QED) is 0.770. The van der Waals surface area contributed by atoms with Crippen LogP contribution in [0.5, 0.6) is 0 Å². The third-order valence-electron chi connectivity index (χ3n) is 4.88. The van der Waals surface area contributed by atoms with E-state index in [1.807, 2.05) is 18.7 Å². The Balaban J connectivity index is 1.77. The second-order valence-electron chi connectivity index (χ2n) is 6.89. The number of fused-ring (bicyclic) bond motifs is 1. The Morgan fingerprint density at radius 3 is 2.75 bits per heavy atom. The molecule has 2 aliphatic rings. The topological polar surface area (TPSA) is 99.8 Å². The van der Waals surface area contributed by atoms with Crippen LogP contribution in [0.2, 0.25) is 0 Å². The van der Waals surface area contributed by atoms with Crippen molar-refractivity contribution in [1.82, 2.24) is 9.88 Å². The highest BCUT2D eigenvalue weighted by Gasteiger charge is 2.57. The smallest absolute Gasteiger partial charge is 0.313 e. The minimum Gasteiger partial charge on any atom is -0.481 e. The lowest BCUT2D eigenvalue weighted by Gasteiger charge is -2.24. The van der Waals surface area contributed by atoms with Crippen molar-refractivity contribution in [3.8, 4) is 0 Å². The van der Waals surface area contributed by atoms with Gasteiger partial charge < -0.3 is 15.7 Å². The maximum absolute atomic E-state index is 12.0. The highest BCUT2D eigenvalue weighted by atomic mass is 32.1. The molecule has 0 radical (unpaired) electrons. The molecule has 7 nitrogen and oxygen atoms in total. The summed E-state index contributed by atoms with van der Waals surface area (Å²) in [6.45, 7) is 7.25. The second kappa shape index (κ2) is 6.18. The van der Waals surface area contributed by atoms with Crippen LogP contribution >= 0.6 is 11.3 Å². The zero-order valence-corrected chi connectivity index (χ0v) is 14.7. The van der Waals surface area contributed by atoms with Crippen molar-refractivity contribution in [3.63, 3.8) is 0 Å². The van der Waals surface area contributed by atoms with Crippen molar-refractivity contribution >= 4 is 28.3 Å². The Morgan fingerprint density at radius 1 is 1.46 bits per heavy atom. The van der Waals surface area contributed by atoms with E-state index in [4.69, 9.17) is 5.73 Å². The molecule has 1 amide bonds. The van der Waals surface area contributed by atoms with Gasteiger partial charge >= 0.3 is 5.97 Å². The van der Waals surface area contributed by atoms with E-state index in [2.05, 4.69) is 16.0 Å². The van der Waals surface area contributed by atoms with Crippen molar-refractivity contribution in [3.05, 3.63) is 22.7 Å². The molecule has 3 N–H and O–H groups in total. The van der Waals surface area contributed by atoms with E-state index < -0.39 is 17.3 Å². The van der Waals surface area contributed by atoms with Crippen molar-refractivity contribution < 1.29 is 14.7 Å². The summed E-state index contributed by atoms with van der Waals surface area (Å²) in [6, 6.07) is 0. The highest BCUT2D eigenvalue weighted by Crippen LogP contribution is 2.44. The van der Waals surface area contributed by atoms with Crippen LogP contribution in [-0.4, -0.2) is 59.6 Å². The molecule has 3 heterocycles. The number of nitrogens with two attached hydrogens (primary N) is 1. The van der Waals surface area contributed by atoms with Crippen molar-refractivity contribution in [2.45, 2.75) is 13.8 Å². The molecular formula is C16H22N4O3S. The highest BCUT2D eigenvalue weighted by molar-refractivity contribution is 7.13. The maximum Gasteiger partial charge on any atom is 0.313 e. The number of primary amides is 1. The molecule has 2 saturated heterocycles. The van der Waals surface area contributed by atoms with E-state index in [0.29, 0.717) is 24.8 Å². The summed E-state index contributed by atoms with van der Waals surface area (Å²) < 4.78 is 0. The number of nitrogens with zero attached hydrogens (tertiary/aromatic N) is 3. The van der Waals surface area contributed by atoms with Crippen LogP contribution in [0.4, 0.5) is 5.13 Å². The summed E-state index contributed by atoms with van der Waals surface area (Å²) in [5.74, 6) is -1.25. The Hall–Kier alpha value is -1.93. The predicted molar refractivity (Wildman–Crippen MR) is 92.3 cm³/mol. The number of anilines is 1. The van der Waals surface area contributed by atoms with Crippen molar-refractivity contribution in [2.24, 2.45) is 17.1 Å². The van der Waals surface area contributed by atoms with Gasteiger partial charge in [-0.2, -0.15) is 0 Å². The first-order valence-electron chi connectivity index (χ1n) is 7.91. The molecule has 0 saturated carbocycles. The Bertz CT molecular complexity index is 697. The first kappa shape index (κ1) is 16.9. The molecule has 3 rings (SSSR count). The standard InChI is InChI=1S/C16H22N4O3S/c1-10(2)3-4-19-5-11-6-20(9-16(11,8-19)14(22)23)15-18-12(7-24-15)13(17)21/h3,7,11H,4-6,8-9H2,1-2H3,(H2,17,21)(H,22,23)/t11-,16-/m1/s1. The van der Waals surface area contributed by atoms with Crippen LogP contribution in [0, 0.1) is 11.3 Å². The lowest BCUT2D eigenvalue weighted by molar-refractivity contribution is -0.148. The average molecular weight is 350 g/mol. The number of carboxylic acid groups (broad SMARTS) is 1. The van der Waals surface area contributed by atoms with Gasteiger partial charge in [0.15, 0.2) is 5.13 Å². The van der Waals surface area contributed by atoms with Gasteiger partial charge in [-0.1, -0.05) is 11.6 Å². The number of allylic oxidation sites excluding steroid dienone is 1. The van der Waals surface area contributed by atoms with Crippen LogP contribution in [0.3, 0.4) is 0 Å². The van der Waals surface area contributed by atoms with Crippen LogP contribution in [0.25, 0.3) is 0 Å². The molecule has 0 unspecified atom stereocenters. The first-order valence-corrected chi connectivity index (χ1v) is 8.79. The average Bonchev–Trinajstić information content (AvgIpc) is 3.16. The van der Waals surface area contributed by atoms with Gasteiger partial charge in [0, 0.05) is 44.0 Å². The summed E-state index contributed by atoms with van der Waals surface area (Å²) in [6.07, 6.45) is 2.13. The molecular weight excluding hydrogens is 328 g/mol. The van der Waals surface area contributed by atoms with Gasteiger partial charge in [0.25, 0.3) is 5.91 Å². The maximum atomic E-state index is 12.0. The number of carbonyl (C=O) groups excluding carboxylic acids is 1. The zero-order valence-electron chi connectivity index (χ0n) is 13.9. The number of likely N-dealkylation sites (tertiary alicyclic amines) is 1. The fraction of sp³-hybridized carbons (Fsp3) is 0.562. The molecule has 0 spiro atoms. The van der Waals surface area contributed by atoms with Gasteiger partial charge in [-0.3, -0.25) is 14.5 Å². The molecule has 2 atom stereocenters. The first-order chi connectivity index (χ1) is 11.3. The van der Waals surface area contributed by atoms with Gasteiger partial charge in [-0.25, -0.2) is 4.98 Å². The Kier molecular flexibility index (Phi) is 4.35. The van der Waals surface area contributed by atoms with E-state index in [0.717, 1.165) is 13.1 Å². The van der Waals surface area contributed by atoms with Crippen LogP contribution < -0.4 is 10.6 Å². The molecule has 0 bridgehead atoms. The normalized spacial score (nSPS) is 26.4. The molecule has 2 fully saturated rings. The molecule has 0 aliphatic carbocycles. The second-order valence-corrected chi connectivity index (χ2v) is 7.73. The number of carbonyl (C=O) groups is 2. The van der Waals surface area contributed by atoms with Crippen LogP contribution in [-0.2, 0) is 4.79 Å². The lowest BCUT2D eigenvalue weighted by Crippen LogP contribution is -2.41. The van der Waals surface area contributed by atoms with E-state index in [-0.39, 0.29) is 11.6 Å². The van der Waals surface area contributed by atoms with Gasteiger partial charge in [0.2, 0.25) is 0 Å². The van der Waals surface area contributed by atoms with Crippen LogP contribution in [0.1, 0.15) is 24.3 Å². The third kappa shape index (κ3) is 2.91. The largest absolute Gasteiger partial charge is 0.481 e. The van der Waals surface area contributed by atoms with Gasteiger partial charge in [-0.05, 0) is 13.8 Å². The molecule has 0 aromatic carbocycles. The molecule has 2 aliphatic heterocycles. The zero-order chi connectivity index (χ0) is 17.5. The van der Waals surface area contributed by atoms with Gasteiger partial charge in [-0.15, -0.1) is 11.3 Å². The van der Waals surface area contributed by atoms with E-state index in [1.54, 1.807) is 5.38 Å². The molecule has 24 heavy (non-hydrogen) atoms. The van der Waals surface area contributed by atoms with E-state index >= 15 is 0 Å². The monoisotopic (exact) mass is 350 g/mol.